The lowest BCUT2D eigenvalue weighted by Crippen LogP contribution is -2.38. The molecule has 1 aliphatic rings. The highest BCUT2D eigenvalue weighted by molar-refractivity contribution is 5.85. The molecule has 1 unspecified atom stereocenters. The quantitative estimate of drug-likeness (QED) is 0.682. The first-order valence-corrected chi connectivity index (χ1v) is 4.14. The monoisotopic (exact) mass is 178 g/mol. The largest absolute Gasteiger partial charge is 0.315 e. The van der Waals surface area contributed by atoms with Crippen LogP contribution in [0.5, 0.6) is 0 Å². The van der Waals surface area contributed by atoms with Crippen LogP contribution in [-0.2, 0) is 0 Å². The molecule has 0 aromatic heterocycles. The highest BCUT2D eigenvalue weighted by Crippen LogP contribution is 2.08. The smallest absolute Gasteiger partial charge is 0.0232 e. The van der Waals surface area contributed by atoms with E-state index in [1.165, 1.54) is 19.5 Å². The predicted octanol–water partition coefficient (Wildman–Crippen LogP) is 1.11. The van der Waals surface area contributed by atoms with Gasteiger partial charge in [-0.2, -0.15) is 0 Å². The number of nitrogens with one attached hydrogen (secondary N) is 1. The van der Waals surface area contributed by atoms with Crippen LogP contribution in [0.3, 0.4) is 0 Å². The van der Waals surface area contributed by atoms with E-state index < -0.39 is 0 Å². The summed E-state index contributed by atoms with van der Waals surface area (Å²) in [6.07, 6.45) is 1.31. The molecule has 1 heterocycles. The standard InChI is InChI=1S/C8H18N2.ClH/c1-7(2)10(3)8-4-5-9-6-8;/h7-9H,4-6H2,1-3H3;1H. The van der Waals surface area contributed by atoms with E-state index in [1.807, 2.05) is 0 Å². The number of rotatable bonds is 2. The molecule has 11 heavy (non-hydrogen) atoms. The highest BCUT2D eigenvalue weighted by Gasteiger charge is 2.20. The van der Waals surface area contributed by atoms with Crippen molar-refractivity contribution in [3.63, 3.8) is 0 Å². The Morgan fingerprint density at radius 2 is 2.09 bits per heavy atom. The van der Waals surface area contributed by atoms with E-state index in [2.05, 4.69) is 31.1 Å². The Labute approximate surface area is 75.8 Å². The topological polar surface area (TPSA) is 15.3 Å². The minimum absolute atomic E-state index is 0. The molecule has 0 spiro atoms. The molecule has 1 fully saturated rings. The van der Waals surface area contributed by atoms with E-state index in [0.29, 0.717) is 6.04 Å². The van der Waals surface area contributed by atoms with Crippen LogP contribution in [0.25, 0.3) is 0 Å². The first-order chi connectivity index (χ1) is 4.72. The Morgan fingerprint density at radius 1 is 1.45 bits per heavy atom. The minimum Gasteiger partial charge on any atom is -0.315 e. The van der Waals surface area contributed by atoms with E-state index in [4.69, 9.17) is 0 Å². The van der Waals surface area contributed by atoms with Crippen molar-refractivity contribution in [2.24, 2.45) is 0 Å². The van der Waals surface area contributed by atoms with Gasteiger partial charge in [-0.15, -0.1) is 12.4 Å². The predicted molar refractivity (Wildman–Crippen MR) is 51.4 cm³/mol. The van der Waals surface area contributed by atoms with Gasteiger partial charge in [-0.25, -0.2) is 0 Å². The molecular weight excluding hydrogens is 160 g/mol. The maximum atomic E-state index is 3.37. The molecular formula is C8H19ClN2. The Bertz CT molecular complexity index is 100. The van der Waals surface area contributed by atoms with Gasteiger partial charge in [-0.1, -0.05) is 0 Å². The Balaban J connectivity index is 0.000001000. The van der Waals surface area contributed by atoms with Crippen molar-refractivity contribution < 1.29 is 0 Å². The molecule has 0 radical (unpaired) electrons. The van der Waals surface area contributed by atoms with Crippen molar-refractivity contribution in [2.45, 2.75) is 32.4 Å². The molecule has 0 aromatic carbocycles. The van der Waals surface area contributed by atoms with Crippen LogP contribution < -0.4 is 5.32 Å². The molecule has 0 saturated carbocycles. The van der Waals surface area contributed by atoms with Gasteiger partial charge in [0.1, 0.15) is 0 Å². The lowest BCUT2D eigenvalue weighted by molar-refractivity contribution is 0.208. The van der Waals surface area contributed by atoms with E-state index in [-0.39, 0.29) is 12.4 Å². The van der Waals surface area contributed by atoms with Gasteiger partial charge in [-0.05, 0) is 33.9 Å². The van der Waals surface area contributed by atoms with Crippen molar-refractivity contribution in [1.82, 2.24) is 10.2 Å². The minimum atomic E-state index is 0. The van der Waals surface area contributed by atoms with Crippen molar-refractivity contribution in [3.8, 4) is 0 Å². The number of hydrogen-bond donors (Lipinski definition) is 1. The third kappa shape index (κ3) is 2.97. The summed E-state index contributed by atoms with van der Waals surface area (Å²) in [5.74, 6) is 0. The second kappa shape index (κ2) is 4.96. The average Bonchev–Trinajstić information content (AvgIpc) is 2.36. The molecule has 1 N–H and O–H groups in total. The summed E-state index contributed by atoms with van der Waals surface area (Å²) in [5, 5.41) is 3.37. The molecule has 1 saturated heterocycles. The summed E-state index contributed by atoms with van der Waals surface area (Å²) in [7, 11) is 2.21. The first kappa shape index (κ1) is 11.2. The van der Waals surface area contributed by atoms with Crippen molar-refractivity contribution in [3.05, 3.63) is 0 Å². The van der Waals surface area contributed by atoms with Gasteiger partial charge in [0.05, 0.1) is 0 Å². The molecule has 68 valence electrons. The molecule has 0 bridgehead atoms. The number of likely N-dealkylation sites (N-methyl/N-ethyl adjacent to an activating group) is 1. The molecule has 0 aromatic rings. The third-order valence-electron chi connectivity index (χ3n) is 2.42. The van der Waals surface area contributed by atoms with E-state index in [9.17, 15) is 0 Å². The van der Waals surface area contributed by atoms with Gasteiger partial charge in [0.15, 0.2) is 0 Å². The summed E-state index contributed by atoms with van der Waals surface area (Å²) in [6, 6.07) is 1.46. The fourth-order valence-electron chi connectivity index (χ4n) is 1.41. The zero-order valence-electron chi connectivity index (χ0n) is 7.63. The second-order valence-corrected chi connectivity index (χ2v) is 3.41. The summed E-state index contributed by atoms with van der Waals surface area (Å²) in [5.41, 5.74) is 0. The van der Waals surface area contributed by atoms with Gasteiger partial charge in [0, 0.05) is 18.6 Å². The number of nitrogens with zero attached hydrogens (tertiary/aromatic N) is 1. The summed E-state index contributed by atoms with van der Waals surface area (Å²) >= 11 is 0. The van der Waals surface area contributed by atoms with Crippen LogP contribution in [0.4, 0.5) is 0 Å². The molecule has 1 rings (SSSR count). The highest BCUT2D eigenvalue weighted by atomic mass is 35.5. The Kier molecular flexibility index (Phi) is 5.06. The molecule has 1 aliphatic heterocycles. The fourth-order valence-corrected chi connectivity index (χ4v) is 1.41. The molecule has 3 heteroatoms. The van der Waals surface area contributed by atoms with Crippen molar-refractivity contribution in [2.75, 3.05) is 20.1 Å². The molecule has 0 amide bonds. The number of halogens is 1. The summed E-state index contributed by atoms with van der Waals surface area (Å²) in [6.45, 7) is 6.87. The summed E-state index contributed by atoms with van der Waals surface area (Å²) in [4.78, 5) is 2.44. The van der Waals surface area contributed by atoms with Gasteiger partial charge < -0.3 is 5.32 Å². The van der Waals surface area contributed by atoms with Crippen molar-refractivity contribution in [1.29, 1.82) is 0 Å². The average molecular weight is 179 g/mol. The van der Waals surface area contributed by atoms with Gasteiger partial charge in [-0.3, -0.25) is 4.90 Å². The van der Waals surface area contributed by atoms with Crippen LogP contribution in [-0.4, -0.2) is 37.1 Å². The normalized spacial score (nSPS) is 24.3. The zero-order valence-corrected chi connectivity index (χ0v) is 8.45. The molecule has 2 nitrogen and oxygen atoms in total. The lowest BCUT2D eigenvalue weighted by atomic mass is 10.2. The molecule has 0 aliphatic carbocycles. The van der Waals surface area contributed by atoms with Gasteiger partial charge in [0.25, 0.3) is 0 Å². The van der Waals surface area contributed by atoms with E-state index in [0.717, 1.165) is 6.04 Å². The lowest BCUT2D eigenvalue weighted by Gasteiger charge is -2.27. The maximum absolute atomic E-state index is 3.37. The summed E-state index contributed by atoms with van der Waals surface area (Å²) < 4.78 is 0. The third-order valence-corrected chi connectivity index (χ3v) is 2.42. The zero-order chi connectivity index (χ0) is 7.56. The van der Waals surface area contributed by atoms with Gasteiger partial charge in [0.2, 0.25) is 0 Å². The van der Waals surface area contributed by atoms with E-state index >= 15 is 0 Å². The van der Waals surface area contributed by atoms with Crippen LogP contribution in [0.1, 0.15) is 20.3 Å². The van der Waals surface area contributed by atoms with Crippen LogP contribution in [0, 0.1) is 0 Å². The maximum Gasteiger partial charge on any atom is 0.0232 e. The second-order valence-electron chi connectivity index (χ2n) is 3.41. The van der Waals surface area contributed by atoms with Crippen LogP contribution in [0.2, 0.25) is 0 Å². The number of hydrogen-bond acceptors (Lipinski definition) is 2. The van der Waals surface area contributed by atoms with Crippen molar-refractivity contribution >= 4 is 12.4 Å². The van der Waals surface area contributed by atoms with Crippen LogP contribution in [0.15, 0.2) is 0 Å². The Morgan fingerprint density at radius 3 is 2.45 bits per heavy atom. The fraction of sp³-hybridized carbons (Fsp3) is 1.00. The Hall–Kier alpha value is 0.210. The SMILES string of the molecule is CC(C)N(C)C1CCNC1.Cl. The van der Waals surface area contributed by atoms with Crippen LogP contribution >= 0.6 is 12.4 Å². The first-order valence-electron chi connectivity index (χ1n) is 4.14. The molecule has 1 atom stereocenters. The van der Waals surface area contributed by atoms with Gasteiger partial charge >= 0.3 is 0 Å². The van der Waals surface area contributed by atoms with E-state index in [1.54, 1.807) is 0 Å².